The van der Waals surface area contributed by atoms with Gasteiger partial charge in [0.15, 0.2) is 5.96 Å². The molecule has 1 fully saturated rings. The van der Waals surface area contributed by atoms with Crippen molar-refractivity contribution in [3.05, 3.63) is 58.0 Å². The summed E-state index contributed by atoms with van der Waals surface area (Å²) in [6.45, 7) is 2.72. The molecule has 1 saturated heterocycles. The van der Waals surface area contributed by atoms with Crippen LogP contribution in [0.5, 0.6) is 0 Å². The van der Waals surface area contributed by atoms with E-state index in [0.29, 0.717) is 18.5 Å². The van der Waals surface area contributed by atoms with Crippen LogP contribution in [-0.2, 0) is 0 Å². The van der Waals surface area contributed by atoms with Crippen LogP contribution in [-0.4, -0.2) is 63.6 Å². The number of aliphatic imine (C=N–C) groups is 1. The summed E-state index contributed by atoms with van der Waals surface area (Å²) in [6, 6.07) is 11.7. The van der Waals surface area contributed by atoms with Crippen LogP contribution in [0.15, 0.2) is 46.8 Å². The minimum atomic E-state index is -0.209. The minimum absolute atomic E-state index is 0. The molecule has 0 bridgehead atoms. The number of piperidine rings is 1. The highest BCUT2D eigenvalue weighted by Crippen LogP contribution is 2.36. The number of nitrogens with one attached hydrogen (secondary N) is 2. The largest absolute Gasteiger partial charge is 0.356 e. The molecule has 1 aliphatic rings. The number of benzene rings is 1. The van der Waals surface area contributed by atoms with Gasteiger partial charge < -0.3 is 15.5 Å². The molecule has 0 amide bonds. The second kappa shape index (κ2) is 12.7. The van der Waals surface area contributed by atoms with Gasteiger partial charge in [-0.25, -0.2) is 4.39 Å². The molecule has 3 atom stereocenters. The maximum absolute atomic E-state index is 13.3. The first-order chi connectivity index (χ1) is 14.5. The summed E-state index contributed by atoms with van der Waals surface area (Å²) < 4.78 is 13.3. The summed E-state index contributed by atoms with van der Waals surface area (Å²) in [5.74, 6) is 1.14. The van der Waals surface area contributed by atoms with Crippen LogP contribution in [0.4, 0.5) is 4.39 Å². The lowest BCUT2D eigenvalue weighted by atomic mass is 9.88. The van der Waals surface area contributed by atoms with Crippen molar-refractivity contribution < 1.29 is 4.39 Å². The lowest BCUT2D eigenvalue weighted by Crippen LogP contribution is -2.46. The van der Waals surface area contributed by atoms with Gasteiger partial charge in [0, 0.05) is 31.1 Å². The Bertz CT molecular complexity index is 797. The van der Waals surface area contributed by atoms with E-state index in [0.717, 1.165) is 24.6 Å². The molecular formula is C23H35FIN5S. The van der Waals surface area contributed by atoms with Crippen LogP contribution in [0.1, 0.15) is 35.4 Å². The summed E-state index contributed by atoms with van der Waals surface area (Å²) >= 11 is 1.85. The Morgan fingerprint density at radius 3 is 2.61 bits per heavy atom. The van der Waals surface area contributed by atoms with Crippen molar-refractivity contribution in [1.82, 2.24) is 20.4 Å². The number of halogens is 2. The summed E-state index contributed by atoms with van der Waals surface area (Å²) in [5.41, 5.74) is 1.08. The van der Waals surface area contributed by atoms with Gasteiger partial charge in [-0.2, -0.15) is 0 Å². The maximum atomic E-state index is 13.3. The highest BCUT2D eigenvalue weighted by atomic mass is 127. The first-order valence-electron chi connectivity index (χ1n) is 10.6. The average Bonchev–Trinajstić information content (AvgIpc) is 3.25. The predicted octanol–water partition coefficient (Wildman–Crippen LogP) is 4.36. The highest BCUT2D eigenvalue weighted by Gasteiger charge is 2.31. The minimum Gasteiger partial charge on any atom is -0.356 e. The van der Waals surface area contributed by atoms with E-state index < -0.39 is 0 Å². The van der Waals surface area contributed by atoms with Crippen LogP contribution in [0.3, 0.4) is 0 Å². The fourth-order valence-electron chi connectivity index (χ4n) is 4.31. The second-order valence-corrected chi connectivity index (χ2v) is 9.19. The molecule has 2 N–H and O–H groups in total. The number of hydrogen-bond donors (Lipinski definition) is 2. The number of likely N-dealkylation sites (tertiary alicyclic amines) is 1. The van der Waals surface area contributed by atoms with Gasteiger partial charge in [0.25, 0.3) is 0 Å². The van der Waals surface area contributed by atoms with Crippen LogP contribution in [0.25, 0.3) is 0 Å². The molecule has 1 aromatic heterocycles. The van der Waals surface area contributed by atoms with Crippen molar-refractivity contribution in [2.24, 2.45) is 10.9 Å². The molecule has 172 valence electrons. The van der Waals surface area contributed by atoms with Gasteiger partial charge in [-0.3, -0.25) is 9.89 Å². The molecule has 0 radical (unpaired) electrons. The van der Waals surface area contributed by atoms with E-state index in [-0.39, 0.29) is 35.8 Å². The maximum Gasteiger partial charge on any atom is 0.191 e. The van der Waals surface area contributed by atoms with Crippen LogP contribution < -0.4 is 10.6 Å². The highest BCUT2D eigenvalue weighted by molar-refractivity contribution is 14.0. The van der Waals surface area contributed by atoms with Crippen LogP contribution in [0.2, 0.25) is 0 Å². The zero-order chi connectivity index (χ0) is 21.5. The van der Waals surface area contributed by atoms with E-state index in [1.807, 2.05) is 44.6 Å². The number of rotatable bonds is 7. The summed E-state index contributed by atoms with van der Waals surface area (Å²) in [6.07, 6.45) is 2.44. The third kappa shape index (κ3) is 7.13. The van der Waals surface area contributed by atoms with E-state index in [9.17, 15) is 4.39 Å². The van der Waals surface area contributed by atoms with Gasteiger partial charge >= 0.3 is 0 Å². The SMILES string of the molecule is CN=C(NCC1CCCN(C)C1c1cccs1)NCC(c1ccc(F)cc1)N(C)C.I. The van der Waals surface area contributed by atoms with Crippen LogP contribution in [0, 0.1) is 11.7 Å². The Morgan fingerprint density at radius 1 is 1.26 bits per heavy atom. The number of hydrogen-bond acceptors (Lipinski definition) is 4. The third-order valence-corrected chi connectivity index (χ3v) is 6.88. The van der Waals surface area contributed by atoms with Crippen molar-refractivity contribution in [2.45, 2.75) is 24.9 Å². The number of guanidine groups is 1. The fraction of sp³-hybridized carbons (Fsp3) is 0.522. The van der Waals surface area contributed by atoms with E-state index in [4.69, 9.17) is 0 Å². The predicted molar refractivity (Wildman–Crippen MR) is 140 cm³/mol. The topological polar surface area (TPSA) is 42.9 Å². The Kier molecular flexibility index (Phi) is 10.7. The Labute approximate surface area is 207 Å². The number of nitrogens with zero attached hydrogens (tertiary/aromatic N) is 3. The van der Waals surface area contributed by atoms with Crippen molar-refractivity contribution in [3.8, 4) is 0 Å². The molecule has 0 aliphatic carbocycles. The van der Waals surface area contributed by atoms with Gasteiger partial charge in [-0.05, 0) is 75.6 Å². The molecule has 0 saturated carbocycles. The first kappa shape index (κ1) is 26.0. The lowest BCUT2D eigenvalue weighted by Gasteiger charge is -2.39. The van der Waals surface area contributed by atoms with Gasteiger partial charge in [-0.1, -0.05) is 18.2 Å². The quantitative estimate of drug-likeness (QED) is 0.301. The van der Waals surface area contributed by atoms with Gasteiger partial charge in [0.05, 0.1) is 6.04 Å². The number of likely N-dealkylation sites (N-methyl/N-ethyl adjacent to an activating group) is 1. The molecule has 2 heterocycles. The molecule has 3 unspecified atom stereocenters. The second-order valence-electron chi connectivity index (χ2n) is 8.21. The average molecular weight is 560 g/mol. The molecule has 8 heteroatoms. The molecule has 1 aliphatic heterocycles. The van der Waals surface area contributed by atoms with Gasteiger partial charge in [0.1, 0.15) is 5.82 Å². The summed E-state index contributed by atoms with van der Waals surface area (Å²) in [7, 11) is 8.11. The molecule has 3 rings (SSSR count). The van der Waals surface area contributed by atoms with E-state index in [1.54, 1.807) is 0 Å². The monoisotopic (exact) mass is 559 g/mol. The lowest BCUT2D eigenvalue weighted by molar-refractivity contribution is 0.125. The van der Waals surface area contributed by atoms with Crippen LogP contribution >= 0.6 is 35.3 Å². The van der Waals surface area contributed by atoms with Crippen molar-refractivity contribution in [3.63, 3.8) is 0 Å². The van der Waals surface area contributed by atoms with Crippen molar-refractivity contribution in [1.29, 1.82) is 0 Å². The number of thiophene rings is 1. The zero-order valence-electron chi connectivity index (χ0n) is 18.8. The molecule has 0 spiro atoms. The Morgan fingerprint density at radius 2 is 2.00 bits per heavy atom. The van der Waals surface area contributed by atoms with E-state index in [2.05, 4.69) is 50.0 Å². The smallest absolute Gasteiger partial charge is 0.191 e. The molecular weight excluding hydrogens is 524 g/mol. The molecule has 2 aromatic rings. The first-order valence-corrected chi connectivity index (χ1v) is 11.5. The summed E-state index contributed by atoms with van der Waals surface area (Å²) in [5, 5.41) is 9.17. The van der Waals surface area contributed by atoms with Crippen molar-refractivity contribution >= 4 is 41.3 Å². The fourth-order valence-corrected chi connectivity index (χ4v) is 5.29. The Balaban J connectivity index is 0.00000341. The third-order valence-electron chi connectivity index (χ3n) is 5.94. The standard InChI is InChI=1S/C23H34FN5S.HI/c1-25-23(27-16-20(28(2)3)17-9-11-19(24)12-10-17)26-15-18-7-5-13-29(4)22(18)21-8-6-14-30-21;/h6,8-12,14,18,20,22H,5,7,13,15-16H2,1-4H3,(H2,25,26,27);1H. The van der Waals surface area contributed by atoms with E-state index >= 15 is 0 Å². The van der Waals surface area contributed by atoms with Gasteiger partial charge in [-0.15, -0.1) is 35.3 Å². The van der Waals surface area contributed by atoms with Gasteiger partial charge in [0.2, 0.25) is 0 Å². The van der Waals surface area contributed by atoms with E-state index in [1.165, 1.54) is 29.9 Å². The zero-order valence-corrected chi connectivity index (χ0v) is 22.0. The molecule has 1 aromatic carbocycles. The summed E-state index contributed by atoms with van der Waals surface area (Å²) in [4.78, 5) is 10.5. The normalized spacial score (nSPS) is 20.9. The molecule has 31 heavy (non-hydrogen) atoms. The van der Waals surface area contributed by atoms with Crippen molar-refractivity contribution in [2.75, 3.05) is 47.8 Å². The molecule has 5 nitrogen and oxygen atoms in total. The Hall–Kier alpha value is -1.23.